The Morgan fingerprint density at radius 2 is 1.68 bits per heavy atom. The van der Waals surface area contributed by atoms with Gasteiger partial charge in [-0.3, -0.25) is 4.79 Å². The monoisotopic (exact) mass is 254 g/mol. The van der Waals surface area contributed by atoms with Crippen LogP contribution in [-0.4, -0.2) is 5.91 Å². The van der Waals surface area contributed by atoms with Crippen LogP contribution in [0.4, 0.5) is 0 Å². The first-order chi connectivity index (χ1) is 8.96. The van der Waals surface area contributed by atoms with Crippen molar-refractivity contribution < 1.29 is 4.79 Å². The highest BCUT2D eigenvalue weighted by Gasteiger charge is 2.37. The van der Waals surface area contributed by atoms with Gasteiger partial charge in [0.2, 0.25) is 5.91 Å². The number of hydrogen-bond donors (Lipinski definition) is 2. The Morgan fingerprint density at radius 3 is 2.21 bits per heavy atom. The van der Waals surface area contributed by atoms with Gasteiger partial charge in [0, 0.05) is 0 Å². The third-order valence-corrected chi connectivity index (χ3v) is 3.42. The van der Waals surface area contributed by atoms with E-state index in [-0.39, 0.29) is 0 Å². The van der Waals surface area contributed by atoms with Gasteiger partial charge in [-0.25, -0.2) is 0 Å². The van der Waals surface area contributed by atoms with Crippen LogP contribution in [0.3, 0.4) is 0 Å². The topological polar surface area (TPSA) is 69.1 Å². The number of amides is 1. The first kappa shape index (κ1) is 13.3. The van der Waals surface area contributed by atoms with Crippen LogP contribution in [0.25, 0.3) is 0 Å². The summed E-state index contributed by atoms with van der Waals surface area (Å²) < 4.78 is 0. The standard InChI is InChI=1S/C16H18N2O/c1-11-8-9-14(12(2)10-11)16(18,15(17)19)13-6-4-3-5-7-13/h3-10H,18H2,1-2H3,(H2,17,19). The zero-order chi connectivity index (χ0) is 14.0. The van der Waals surface area contributed by atoms with Crippen LogP contribution in [0.15, 0.2) is 48.5 Å². The SMILES string of the molecule is Cc1ccc(C(N)(C(N)=O)c2ccccc2)c(C)c1. The third kappa shape index (κ3) is 2.25. The molecule has 0 aliphatic rings. The van der Waals surface area contributed by atoms with Crippen LogP contribution in [0.5, 0.6) is 0 Å². The molecule has 0 aromatic heterocycles. The van der Waals surface area contributed by atoms with E-state index < -0.39 is 11.4 Å². The predicted octanol–water partition coefficient (Wildman–Crippen LogP) is 1.99. The molecule has 1 amide bonds. The van der Waals surface area contributed by atoms with Gasteiger partial charge in [-0.1, -0.05) is 54.1 Å². The smallest absolute Gasteiger partial charge is 0.246 e. The summed E-state index contributed by atoms with van der Waals surface area (Å²) in [7, 11) is 0. The van der Waals surface area contributed by atoms with E-state index in [1.54, 1.807) is 0 Å². The minimum Gasteiger partial charge on any atom is -0.367 e. The lowest BCUT2D eigenvalue weighted by molar-refractivity contribution is -0.122. The molecule has 0 saturated heterocycles. The fourth-order valence-electron chi connectivity index (χ4n) is 2.39. The summed E-state index contributed by atoms with van der Waals surface area (Å²) in [5, 5.41) is 0. The second-order valence-corrected chi connectivity index (χ2v) is 4.86. The van der Waals surface area contributed by atoms with Crippen molar-refractivity contribution in [2.45, 2.75) is 19.4 Å². The van der Waals surface area contributed by atoms with E-state index in [9.17, 15) is 4.79 Å². The van der Waals surface area contributed by atoms with Gasteiger partial charge in [0.05, 0.1) is 0 Å². The van der Waals surface area contributed by atoms with E-state index in [1.165, 1.54) is 0 Å². The van der Waals surface area contributed by atoms with Gasteiger partial charge in [-0.2, -0.15) is 0 Å². The molecule has 0 spiro atoms. The molecule has 0 bridgehead atoms. The zero-order valence-electron chi connectivity index (χ0n) is 11.2. The van der Waals surface area contributed by atoms with Crippen molar-refractivity contribution in [1.82, 2.24) is 0 Å². The molecular weight excluding hydrogens is 236 g/mol. The Kier molecular flexibility index (Phi) is 3.40. The van der Waals surface area contributed by atoms with Crippen LogP contribution in [-0.2, 0) is 10.3 Å². The van der Waals surface area contributed by atoms with Gasteiger partial charge in [0.15, 0.2) is 0 Å². The Morgan fingerprint density at radius 1 is 1.05 bits per heavy atom. The van der Waals surface area contributed by atoms with E-state index in [4.69, 9.17) is 11.5 Å². The molecule has 2 aromatic rings. The molecule has 0 saturated carbocycles. The van der Waals surface area contributed by atoms with Crippen LogP contribution in [0.2, 0.25) is 0 Å². The maximum atomic E-state index is 12.0. The number of carbonyl (C=O) groups excluding carboxylic acids is 1. The molecule has 4 N–H and O–H groups in total. The molecule has 2 rings (SSSR count). The number of nitrogens with two attached hydrogens (primary N) is 2. The molecule has 0 heterocycles. The Bertz CT molecular complexity index is 607. The summed E-state index contributed by atoms with van der Waals surface area (Å²) >= 11 is 0. The normalized spacial score (nSPS) is 13.8. The fraction of sp³-hybridized carbons (Fsp3) is 0.188. The third-order valence-electron chi connectivity index (χ3n) is 3.42. The molecule has 2 aromatic carbocycles. The number of primary amides is 1. The van der Waals surface area contributed by atoms with Gasteiger partial charge in [0.25, 0.3) is 0 Å². The molecule has 1 atom stereocenters. The Hall–Kier alpha value is -2.13. The highest BCUT2D eigenvalue weighted by Crippen LogP contribution is 2.29. The van der Waals surface area contributed by atoms with Crippen LogP contribution < -0.4 is 11.5 Å². The summed E-state index contributed by atoms with van der Waals surface area (Å²) in [6.45, 7) is 3.94. The molecule has 0 aliphatic carbocycles. The number of hydrogen-bond acceptors (Lipinski definition) is 2. The second kappa shape index (κ2) is 4.86. The van der Waals surface area contributed by atoms with Crippen LogP contribution >= 0.6 is 0 Å². The minimum atomic E-state index is -1.29. The van der Waals surface area contributed by atoms with E-state index in [0.29, 0.717) is 5.56 Å². The maximum absolute atomic E-state index is 12.0. The lowest BCUT2D eigenvalue weighted by Gasteiger charge is -2.28. The number of aryl methyl sites for hydroxylation is 2. The second-order valence-electron chi connectivity index (χ2n) is 4.86. The van der Waals surface area contributed by atoms with Crippen molar-refractivity contribution in [2.75, 3.05) is 0 Å². The van der Waals surface area contributed by atoms with E-state index in [2.05, 4.69) is 0 Å². The largest absolute Gasteiger partial charge is 0.367 e. The summed E-state index contributed by atoms with van der Waals surface area (Å²) in [6.07, 6.45) is 0. The van der Waals surface area contributed by atoms with Crippen LogP contribution in [0.1, 0.15) is 22.3 Å². The molecule has 0 fully saturated rings. The molecule has 19 heavy (non-hydrogen) atoms. The molecule has 0 radical (unpaired) electrons. The van der Waals surface area contributed by atoms with Crippen LogP contribution in [0, 0.1) is 13.8 Å². The van der Waals surface area contributed by atoms with Crippen molar-refractivity contribution in [3.63, 3.8) is 0 Å². The van der Waals surface area contributed by atoms with Gasteiger partial charge >= 0.3 is 0 Å². The van der Waals surface area contributed by atoms with E-state index in [1.807, 2.05) is 62.4 Å². The number of benzene rings is 2. The quantitative estimate of drug-likeness (QED) is 0.879. The summed E-state index contributed by atoms with van der Waals surface area (Å²) in [6, 6.07) is 15.1. The number of carbonyl (C=O) groups is 1. The number of rotatable bonds is 3. The van der Waals surface area contributed by atoms with Gasteiger partial charge < -0.3 is 11.5 Å². The van der Waals surface area contributed by atoms with Gasteiger partial charge in [-0.05, 0) is 30.5 Å². The van der Waals surface area contributed by atoms with Crippen molar-refractivity contribution in [3.05, 3.63) is 70.8 Å². The molecular formula is C16H18N2O. The summed E-state index contributed by atoms with van der Waals surface area (Å²) in [5.74, 6) is -0.550. The van der Waals surface area contributed by atoms with Crippen molar-refractivity contribution in [1.29, 1.82) is 0 Å². The molecule has 1 unspecified atom stereocenters. The lowest BCUT2D eigenvalue weighted by Crippen LogP contribution is -2.50. The lowest BCUT2D eigenvalue weighted by atomic mass is 9.80. The average molecular weight is 254 g/mol. The van der Waals surface area contributed by atoms with E-state index >= 15 is 0 Å². The minimum absolute atomic E-state index is 0.550. The van der Waals surface area contributed by atoms with Crippen molar-refractivity contribution in [3.8, 4) is 0 Å². The predicted molar refractivity (Wildman–Crippen MR) is 76.5 cm³/mol. The molecule has 3 nitrogen and oxygen atoms in total. The zero-order valence-corrected chi connectivity index (χ0v) is 11.2. The van der Waals surface area contributed by atoms with Crippen molar-refractivity contribution in [2.24, 2.45) is 11.5 Å². The highest BCUT2D eigenvalue weighted by atomic mass is 16.1. The van der Waals surface area contributed by atoms with Gasteiger partial charge in [0.1, 0.15) is 5.54 Å². The van der Waals surface area contributed by atoms with Gasteiger partial charge in [-0.15, -0.1) is 0 Å². The summed E-state index contributed by atoms with van der Waals surface area (Å²) in [5.41, 5.74) is 14.2. The fourth-order valence-corrected chi connectivity index (χ4v) is 2.39. The Balaban J connectivity index is 2.67. The molecule has 0 aliphatic heterocycles. The average Bonchev–Trinajstić information content (AvgIpc) is 2.38. The first-order valence-corrected chi connectivity index (χ1v) is 6.18. The maximum Gasteiger partial charge on any atom is 0.246 e. The Labute approximate surface area is 113 Å². The molecule has 98 valence electrons. The summed E-state index contributed by atoms with van der Waals surface area (Å²) in [4.78, 5) is 12.0. The highest BCUT2D eigenvalue weighted by molar-refractivity contribution is 5.90. The first-order valence-electron chi connectivity index (χ1n) is 6.18. The van der Waals surface area contributed by atoms with E-state index in [0.717, 1.165) is 16.7 Å². The van der Waals surface area contributed by atoms with Crippen molar-refractivity contribution >= 4 is 5.91 Å². The molecule has 3 heteroatoms.